The average molecular weight is 206 g/mol. The number of hydrogen-bond donors (Lipinski definition) is 1. The second-order valence-corrected chi connectivity index (χ2v) is 4.06. The van der Waals surface area contributed by atoms with Gasteiger partial charge in [0.15, 0.2) is 0 Å². The molecule has 0 aromatic heterocycles. The maximum atomic E-state index is 11.9. The summed E-state index contributed by atoms with van der Waals surface area (Å²) < 4.78 is 35.7. The smallest absolute Gasteiger partial charge is 0.291 e. The van der Waals surface area contributed by atoms with E-state index in [0.29, 0.717) is 12.3 Å². The molecule has 1 rings (SSSR count). The first-order chi connectivity index (χ1) is 6.35. The summed E-state index contributed by atoms with van der Waals surface area (Å²) in [6.07, 6.45) is -1.67. The Morgan fingerprint density at radius 3 is 2.36 bits per heavy atom. The Morgan fingerprint density at radius 2 is 2.00 bits per heavy atom. The van der Waals surface area contributed by atoms with Crippen LogP contribution in [0.15, 0.2) is 0 Å². The largest absolute Gasteiger partial charge is 0.401 e. The maximum absolute atomic E-state index is 11.9. The molecule has 0 saturated heterocycles. The van der Waals surface area contributed by atoms with Crippen LogP contribution in [0.25, 0.3) is 0 Å². The van der Waals surface area contributed by atoms with Crippen LogP contribution in [0.2, 0.25) is 0 Å². The van der Waals surface area contributed by atoms with Gasteiger partial charge in [0.2, 0.25) is 0 Å². The van der Waals surface area contributed by atoms with E-state index in [2.05, 4.69) is 5.32 Å². The molecular weight excluding hydrogens is 193 g/mol. The van der Waals surface area contributed by atoms with E-state index in [0.717, 1.165) is 12.8 Å². The molecule has 0 radical (unpaired) electrons. The molecule has 2 nitrogen and oxygen atoms in total. The van der Waals surface area contributed by atoms with Crippen molar-refractivity contribution < 1.29 is 13.2 Å². The molecule has 0 spiro atoms. The SMILES string of the molecule is CC(C#N)(CC1CC1)NCC(F)(F)F. The van der Waals surface area contributed by atoms with Crippen LogP contribution in [-0.2, 0) is 0 Å². The van der Waals surface area contributed by atoms with Gasteiger partial charge < -0.3 is 0 Å². The fourth-order valence-corrected chi connectivity index (χ4v) is 1.35. The average Bonchev–Trinajstić information content (AvgIpc) is 2.84. The molecule has 1 aliphatic carbocycles. The van der Waals surface area contributed by atoms with E-state index in [9.17, 15) is 13.2 Å². The maximum Gasteiger partial charge on any atom is 0.401 e. The lowest BCUT2D eigenvalue weighted by molar-refractivity contribution is -0.127. The fourth-order valence-electron chi connectivity index (χ4n) is 1.35. The van der Waals surface area contributed by atoms with Gasteiger partial charge in [-0.1, -0.05) is 12.8 Å². The van der Waals surface area contributed by atoms with Crippen molar-refractivity contribution in [2.75, 3.05) is 6.54 Å². The Bertz CT molecular complexity index is 239. The Labute approximate surface area is 81.1 Å². The number of hydrogen-bond acceptors (Lipinski definition) is 2. The predicted octanol–water partition coefficient (Wildman–Crippen LogP) is 2.22. The first-order valence-electron chi connectivity index (χ1n) is 4.58. The van der Waals surface area contributed by atoms with Gasteiger partial charge in [-0.3, -0.25) is 5.32 Å². The van der Waals surface area contributed by atoms with Gasteiger partial charge in [0.1, 0.15) is 5.54 Å². The third-order valence-electron chi connectivity index (χ3n) is 2.32. The minimum atomic E-state index is -4.25. The molecule has 5 heteroatoms. The van der Waals surface area contributed by atoms with E-state index >= 15 is 0 Å². The molecule has 0 aromatic carbocycles. The number of halogens is 3. The molecule has 0 aromatic rings. The summed E-state index contributed by atoms with van der Waals surface area (Å²) in [4.78, 5) is 0. The normalized spacial score (nSPS) is 21.4. The topological polar surface area (TPSA) is 35.8 Å². The number of nitriles is 1. The predicted molar refractivity (Wildman–Crippen MR) is 45.4 cm³/mol. The van der Waals surface area contributed by atoms with Crippen molar-refractivity contribution in [2.45, 2.75) is 37.9 Å². The Kier molecular flexibility index (Phi) is 3.05. The lowest BCUT2D eigenvalue weighted by atomic mass is 9.96. The van der Waals surface area contributed by atoms with E-state index in [-0.39, 0.29) is 0 Å². The van der Waals surface area contributed by atoms with Crippen molar-refractivity contribution >= 4 is 0 Å². The molecule has 0 amide bonds. The van der Waals surface area contributed by atoms with Gasteiger partial charge in [0, 0.05) is 0 Å². The van der Waals surface area contributed by atoms with E-state index in [1.165, 1.54) is 6.92 Å². The molecule has 0 aliphatic heterocycles. The molecule has 0 bridgehead atoms. The number of nitrogens with zero attached hydrogens (tertiary/aromatic N) is 1. The van der Waals surface area contributed by atoms with Gasteiger partial charge in [-0.05, 0) is 19.3 Å². The van der Waals surface area contributed by atoms with Crippen LogP contribution in [0, 0.1) is 17.2 Å². The van der Waals surface area contributed by atoms with E-state index in [4.69, 9.17) is 5.26 Å². The molecular formula is C9H13F3N2. The van der Waals surface area contributed by atoms with Gasteiger partial charge in [0.25, 0.3) is 0 Å². The molecule has 80 valence electrons. The number of rotatable bonds is 4. The van der Waals surface area contributed by atoms with Crippen LogP contribution in [-0.4, -0.2) is 18.3 Å². The first kappa shape index (κ1) is 11.3. The minimum absolute atomic E-state index is 0.431. The fraction of sp³-hybridized carbons (Fsp3) is 0.889. The molecule has 1 aliphatic rings. The molecule has 1 unspecified atom stereocenters. The van der Waals surface area contributed by atoms with Gasteiger partial charge >= 0.3 is 6.18 Å². The molecule has 1 N–H and O–H groups in total. The van der Waals surface area contributed by atoms with E-state index in [1.807, 2.05) is 6.07 Å². The lowest BCUT2D eigenvalue weighted by Gasteiger charge is -2.23. The summed E-state index contributed by atoms with van der Waals surface area (Å²) in [5, 5.41) is 11.0. The highest BCUT2D eigenvalue weighted by Gasteiger charge is 2.36. The standard InChI is InChI=1S/C9H13F3N2/c1-8(5-13,4-7-2-3-7)14-6-9(10,11)12/h7,14H,2-4,6H2,1H3. The lowest BCUT2D eigenvalue weighted by Crippen LogP contribution is -2.46. The number of nitrogens with one attached hydrogen (secondary N) is 1. The van der Waals surface area contributed by atoms with Gasteiger partial charge in [-0.25, -0.2) is 0 Å². The molecule has 0 heterocycles. The van der Waals surface area contributed by atoms with Crippen molar-refractivity contribution in [1.29, 1.82) is 5.26 Å². The third kappa shape index (κ3) is 3.97. The highest BCUT2D eigenvalue weighted by Crippen LogP contribution is 2.36. The van der Waals surface area contributed by atoms with E-state index in [1.54, 1.807) is 0 Å². The van der Waals surface area contributed by atoms with Gasteiger partial charge in [-0.2, -0.15) is 18.4 Å². The zero-order valence-corrected chi connectivity index (χ0v) is 7.99. The summed E-state index contributed by atoms with van der Waals surface area (Å²) in [5.74, 6) is 0.431. The highest BCUT2D eigenvalue weighted by atomic mass is 19.4. The summed E-state index contributed by atoms with van der Waals surface area (Å²) in [7, 11) is 0. The summed E-state index contributed by atoms with van der Waals surface area (Å²) in [5.41, 5.74) is -1.03. The van der Waals surface area contributed by atoms with Crippen LogP contribution in [0.4, 0.5) is 13.2 Å². The summed E-state index contributed by atoms with van der Waals surface area (Å²) in [6, 6.07) is 1.91. The van der Waals surface area contributed by atoms with Crippen LogP contribution in [0.3, 0.4) is 0 Å². The van der Waals surface area contributed by atoms with Crippen molar-refractivity contribution in [3.05, 3.63) is 0 Å². The van der Waals surface area contributed by atoms with Crippen molar-refractivity contribution in [2.24, 2.45) is 5.92 Å². The molecule has 1 saturated carbocycles. The van der Waals surface area contributed by atoms with Crippen molar-refractivity contribution in [3.8, 4) is 6.07 Å². The third-order valence-corrected chi connectivity index (χ3v) is 2.32. The van der Waals surface area contributed by atoms with Crippen LogP contribution < -0.4 is 5.32 Å². The monoisotopic (exact) mass is 206 g/mol. The van der Waals surface area contributed by atoms with E-state index < -0.39 is 18.3 Å². The zero-order chi connectivity index (χ0) is 10.8. The second kappa shape index (κ2) is 3.77. The summed E-state index contributed by atoms with van der Waals surface area (Å²) >= 11 is 0. The van der Waals surface area contributed by atoms with Crippen LogP contribution in [0.1, 0.15) is 26.2 Å². The Hall–Kier alpha value is -0.760. The molecule has 1 fully saturated rings. The van der Waals surface area contributed by atoms with Crippen molar-refractivity contribution in [3.63, 3.8) is 0 Å². The van der Waals surface area contributed by atoms with Gasteiger partial charge in [0.05, 0.1) is 12.6 Å². The minimum Gasteiger partial charge on any atom is -0.291 e. The Morgan fingerprint density at radius 1 is 1.43 bits per heavy atom. The molecule has 1 atom stereocenters. The number of alkyl halides is 3. The van der Waals surface area contributed by atoms with Crippen molar-refractivity contribution in [1.82, 2.24) is 5.32 Å². The Balaban J connectivity index is 2.40. The first-order valence-corrected chi connectivity index (χ1v) is 4.58. The summed E-state index contributed by atoms with van der Waals surface area (Å²) in [6.45, 7) is 0.431. The zero-order valence-electron chi connectivity index (χ0n) is 7.99. The van der Waals surface area contributed by atoms with Crippen LogP contribution >= 0.6 is 0 Å². The van der Waals surface area contributed by atoms with Gasteiger partial charge in [-0.15, -0.1) is 0 Å². The van der Waals surface area contributed by atoms with Crippen LogP contribution in [0.5, 0.6) is 0 Å². The second-order valence-electron chi connectivity index (χ2n) is 4.06. The quantitative estimate of drug-likeness (QED) is 0.765. The highest BCUT2D eigenvalue weighted by molar-refractivity contribution is 5.06. The molecule has 14 heavy (non-hydrogen) atoms.